The largest absolute Gasteiger partial charge is 0.490 e. The van der Waals surface area contributed by atoms with Gasteiger partial charge in [0.25, 0.3) is 0 Å². The summed E-state index contributed by atoms with van der Waals surface area (Å²) in [6, 6.07) is 6.17. The van der Waals surface area contributed by atoms with Gasteiger partial charge in [-0.15, -0.1) is 0 Å². The number of fused-ring (bicyclic) bond motifs is 1. The molecule has 2 heterocycles. The van der Waals surface area contributed by atoms with Gasteiger partial charge in [-0.2, -0.15) is 9.78 Å². The monoisotopic (exact) mass is 409 g/mol. The molecule has 0 spiro atoms. The van der Waals surface area contributed by atoms with E-state index < -0.39 is 5.97 Å². The Hall–Kier alpha value is -2.25. The van der Waals surface area contributed by atoms with Gasteiger partial charge in [0.2, 0.25) is 0 Å². The van der Waals surface area contributed by atoms with Gasteiger partial charge < -0.3 is 14.7 Å². The molecule has 7 nitrogen and oxygen atoms in total. The number of hydrogen-bond acceptors (Lipinski definition) is 4. The Kier molecular flexibility index (Phi) is 4.74. The highest BCUT2D eigenvalue weighted by atomic mass is 35.5. The van der Waals surface area contributed by atoms with Crippen LogP contribution in [0.1, 0.15) is 23.3 Å². The Balaban J connectivity index is 1.36. The summed E-state index contributed by atoms with van der Waals surface area (Å²) >= 11 is 12.0. The van der Waals surface area contributed by atoms with Crippen LogP contribution in [-0.4, -0.2) is 51.0 Å². The fraction of sp³-hybridized carbons (Fsp3) is 0.389. The van der Waals surface area contributed by atoms with E-state index >= 15 is 0 Å². The number of nitrogens with zero attached hydrogens (tertiary/aromatic N) is 3. The Labute approximate surface area is 165 Å². The lowest BCUT2D eigenvalue weighted by atomic mass is 10.0. The number of hydrogen-bond donors (Lipinski definition) is 1. The molecule has 1 aliphatic heterocycles. The number of aromatic carboxylic acids is 1. The van der Waals surface area contributed by atoms with Crippen LogP contribution in [0.3, 0.4) is 0 Å². The Morgan fingerprint density at radius 1 is 1.11 bits per heavy atom. The van der Waals surface area contributed by atoms with Crippen molar-refractivity contribution in [3.63, 3.8) is 0 Å². The van der Waals surface area contributed by atoms with Gasteiger partial charge in [0.15, 0.2) is 5.69 Å². The van der Waals surface area contributed by atoms with Crippen LogP contribution in [0, 0.1) is 11.8 Å². The van der Waals surface area contributed by atoms with Gasteiger partial charge in [0.1, 0.15) is 5.75 Å². The van der Waals surface area contributed by atoms with Crippen molar-refractivity contribution in [2.75, 3.05) is 13.1 Å². The maximum atomic E-state index is 12.5. The third kappa shape index (κ3) is 3.75. The SMILES string of the molecule is O=C(O)c1ccn(C(=O)N2C[C@H]3CC(Oc4cc(Cl)cc(Cl)c4)C[C@H]3C2)n1. The lowest BCUT2D eigenvalue weighted by Crippen LogP contribution is -2.34. The first kappa shape index (κ1) is 18.1. The minimum absolute atomic E-state index is 0.0649. The highest BCUT2D eigenvalue weighted by molar-refractivity contribution is 6.34. The first-order valence-electron chi connectivity index (χ1n) is 8.60. The van der Waals surface area contributed by atoms with Crippen molar-refractivity contribution in [3.05, 3.63) is 46.2 Å². The molecule has 1 saturated carbocycles. The summed E-state index contributed by atoms with van der Waals surface area (Å²) in [5.41, 5.74) is -0.142. The molecule has 1 amide bonds. The molecule has 27 heavy (non-hydrogen) atoms. The molecule has 3 atom stereocenters. The number of likely N-dealkylation sites (tertiary alicyclic amines) is 1. The Bertz CT molecular complexity index is 866. The number of aromatic nitrogens is 2. The number of halogens is 2. The number of rotatable bonds is 3. The molecule has 1 aromatic heterocycles. The number of carbonyl (C=O) groups is 2. The highest BCUT2D eigenvalue weighted by Crippen LogP contribution is 2.40. The molecule has 1 unspecified atom stereocenters. The first-order chi connectivity index (χ1) is 12.9. The van der Waals surface area contributed by atoms with Crippen LogP contribution < -0.4 is 4.74 Å². The van der Waals surface area contributed by atoms with E-state index in [1.807, 2.05) is 0 Å². The summed E-state index contributed by atoms with van der Waals surface area (Å²) in [5.74, 6) is 0.204. The van der Waals surface area contributed by atoms with Gasteiger partial charge >= 0.3 is 12.0 Å². The van der Waals surface area contributed by atoms with E-state index in [9.17, 15) is 9.59 Å². The van der Waals surface area contributed by atoms with Crippen molar-refractivity contribution in [2.24, 2.45) is 11.8 Å². The van der Waals surface area contributed by atoms with Crippen molar-refractivity contribution in [1.29, 1.82) is 0 Å². The number of carboxylic acids is 1. The molecular formula is C18H17Cl2N3O4. The van der Waals surface area contributed by atoms with E-state index in [-0.39, 0.29) is 17.8 Å². The molecule has 9 heteroatoms. The Morgan fingerprint density at radius 3 is 2.30 bits per heavy atom. The molecule has 2 aliphatic rings. The zero-order valence-electron chi connectivity index (χ0n) is 14.2. The summed E-state index contributed by atoms with van der Waals surface area (Å²) in [4.78, 5) is 25.2. The average Bonchev–Trinajstić information content (AvgIpc) is 3.27. The van der Waals surface area contributed by atoms with Gasteiger partial charge in [0, 0.05) is 29.3 Å². The van der Waals surface area contributed by atoms with Crippen molar-refractivity contribution in [3.8, 4) is 5.75 Å². The fourth-order valence-corrected chi connectivity index (χ4v) is 4.48. The number of benzene rings is 1. The smallest absolute Gasteiger partial charge is 0.356 e. The number of amides is 1. The summed E-state index contributed by atoms with van der Waals surface area (Å²) in [6.45, 7) is 1.23. The molecule has 4 rings (SSSR count). The molecular weight excluding hydrogens is 393 g/mol. The molecule has 0 bridgehead atoms. The second-order valence-corrected chi connectivity index (χ2v) is 7.85. The normalized spacial score (nSPS) is 24.1. The van der Waals surface area contributed by atoms with Crippen molar-refractivity contribution < 1.29 is 19.4 Å². The number of carboxylic acid groups (broad SMARTS) is 1. The maximum absolute atomic E-state index is 12.5. The van der Waals surface area contributed by atoms with E-state index in [1.165, 1.54) is 12.3 Å². The van der Waals surface area contributed by atoms with E-state index in [0.717, 1.165) is 17.5 Å². The van der Waals surface area contributed by atoms with Crippen LogP contribution in [0.4, 0.5) is 4.79 Å². The zero-order chi connectivity index (χ0) is 19.1. The minimum Gasteiger partial charge on any atom is -0.490 e. The summed E-state index contributed by atoms with van der Waals surface area (Å²) in [7, 11) is 0. The topological polar surface area (TPSA) is 84.7 Å². The van der Waals surface area contributed by atoms with Crippen LogP contribution in [-0.2, 0) is 0 Å². The molecule has 2 aromatic rings. The van der Waals surface area contributed by atoms with E-state index in [2.05, 4.69) is 5.10 Å². The summed E-state index contributed by atoms with van der Waals surface area (Å²) in [5, 5.41) is 13.8. The van der Waals surface area contributed by atoms with Gasteiger partial charge in [0.05, 0.1) is 6.10 Å². The van der Waals surface area contributed by atoms with E-state index in [0.29, 0.717) is 40.7 Å². The number of carbonyl (C=O) groups excluding carboxylic acids is 1. The second kappa shape index (κ2) is 7.05. The molecule has 1 aliphatic carbocycles. The zero-order valence-corrected chi connectivity index (χ0v) is 15.7. The van der Waals surface area contributed by atoms with Crippen LogP contribution in [0.2, 0.25) is 10.0 Å². The van der Waals surface area contributed by atoms with Crippen LogP contribution in [0.25, 0.3) is 0 Å². The van der Waals surface area contributed by atoms with Crippen LogP contribution in [0.5, 0.6) is 5.75 Å². The molecule has 1 N–H and O–H groups in total. The predicted molar refractivity (Wildman–Crippen MR) is 98.6 cm³/mol. The van der Waals surface area contributed by atoms with E-state index in [1.54, 1.807) is 23.1 Å². The lowest BCUT2D eigenvalue weighted by molar-refractivity contribution is 0.0690. The van der Waals surface area contributed by atoms with Gasteiger partial charge in [-0.05, 0) is 48.9 Å². The van der Waals surface area contributed by atoms with Gasteiger partial charge in [-0.3, -0.25) is 0 Å². The molecule has 1 aromatic carbocycles. The van der Waals surface area contributed by atoms with Crippen molar-refractivity contribution in [2.45, 2.75) is 18.9 Å². The quantitative estimate of drug-likeness (QED) is 0.835. The fourth-order valence-electron chi connectivity index (χ4n) is 3.98. The van der Waals surface area contributed by atoms with Gasteiger partial charge in [-0.25, -0.2) is 9.59 Å². The first-order valence-corrected chi connectivity index (χ1v) is 9.35. The van der Waals surface area contributed by atoms with Crippen molar-refractivity contribution >= 4 is 35.2 Å². The average molecular weight is 410 g/mol. The summed E-state index contributed by atoms with van der Waals surface area (Å²) < 4.78 is 7.12. The standard InChI is InChI=1S/C18H17Cl2N3O4/c19-12-5-13(20)7-15(6-12)27-14-3-10-8-22(9-11(10)4-14)18(26)23-2-1-16(21-23)17(24)25/h1-2,5-7,10-11,14H,3-4,8-9H2,(H,24,25)/t10-,11+,14?. The maximum Gasteiger partial charge on any atom is 0.356 e. The number of ether oxygens (including phenoxy) is 1. The predicted octanol–water partition coefficient (Wildman–Crippen LogP) is 3.65. The molecule has 142 valence electrons. The minimum atomic E-state index is -1.15. The van der Waals surface area contributed by atoms with E-state index in [4.69, 9.17) is 33.0 Å². The molecule has 0 radical (unpaired) electrons. The second-order valence-electron chi connectivity index (χ2n) is 6.97. The van der Waals surface area contributed by atoms with Gasteiger partial charge in [-0.1, -0.05) is 23.2 Å². The highest BCUT2D eigenvalue weighted by Gasteiger charge is 2.43. The van der Waals surface area contributed by atoms with Crippen LogP contribution in [0.15, 0.2) is 30.5 Å². The molecule has 2 fully saturated rings. The molecule has 1 saturated heterocycles. The third-order valence-corrected chi connectivity index (χ3v) is 5.56. The van der Waals surface area contributed by atoms with Crippen molar-refractivity contribution in [1.82, 2.24) is 14.7 Å². The summed E-state index contributed by atoms with van der Waals surface area (Å²) in [6.07, 6.45) is 3.14. The lowest BCUT2D eigenvalue weighted by Gasteiger charge is -2.20. The third-order valence-electron chi connectivity index (χ3n) is 5.12. The Morgan fingerprint density at radius 2 is 1.74 bits per heavy atom. The van der Waals surface area contributed by atoms with Crippen LogP contribution >= 0.6 is 23.2 Å².